The standard InChI is InChI=1S/C27H44O8/c1-6-7-10-13-22(33-19(2)28)16-17-24-23(14-11-8-9-12-15-27(31)32-5)25(34-20(3)29)18-26(24)35-21(4)30/h16-17,22-26H,6-15,18H2,1-5H3/t22?,23-,24-,25?,26?/m1/s1. The maximum atomic E-state index is 11.8. The molecule has 200 valence electrons. The van der Waals surface area contributed by atoms with Crippen molar-refractivity contribution in [2.24, 2.45) is 11.8 Å². The maximum absolute atomic E-state index is 11.8. The second kappa shape index (κ2) is 17.1. The van der Waals surface area contributed by atoms with E-state index < -0.39 is 6.10 Å². The first-order valence-electron chi connectivity index (χ1n) is 12.9. The van der Waals surface area contributed by atoms with Gasteiger partial charge in [0.2, 0.25) is 0 Å². The highest BCUT2D eigenvalue weighted by Gasteiger charge is 2.45. The minimum absolute atomic E-state index is 0.0197. The Morgan fingerprint density at radius 1 is 0.857 bits per heavy atom. The summed E-state index contributed by atoms with van der Waals surface area (Å²) >= 11 is 0. The largest absolute Gasteiger partial charge is 0.469 e. The minimum Gasteiger partial charge on any atom is -0.469 e. The predicted molar refractivity (Wildman–Crippen MR) is 131 cm³/mol. The molecule has 1 fully saturated rings. The quantitative estimate of drug-likeness (QED) is 0.126. The van der Waals surface area contributed by atoms with E-state index in [1.807, 2.05) is 12.2 Å². The molecule has 0 radical (unpaired) electrons. The minimum atomic E-state index is -0.411. The van der Waals surface area contributed by atoms with E-state index in [1.54, 1.807) is 0 Å². The van der Waals surface area contributed by atoms with E-state index in [2.05, 4.69) is 11.7 Å². The van der Waals surface area contributed by atoms with E-state index in [-0.39, 0.29) is 47.9 Å². The molecule has 1 aliphatic carbocycles. The molecule has 0 aliphatic heterocycles. The van der Waals surface area contributed by atoms with Gasteiger partial charge in [-0.2, -0.15) is 0 Å². The molecule has 0 spiro atoms. The van der Waals surface area contributed by atoms with Crippen LogP contribution in [0.2, 0.25) is 0 Å². The van der Waals surface area contributed by atoms with Crippen LogP contribution in [0.5, 0.6) is 0 Å². The molecule has 8 heteroatoms. The first kappa shape index (κ1) is 30.7. The van der Waals surface area contributed by atoms with Crippen molar-refractivity contribution in [2.45, 2.75) is 117 Å². The van der Waals surface area contributed by atoms with Gasteiger partial charge in [0.1, 0.15) is 18.3 Å². The average Bonchev–Trinajstić information content (AvgIpc) is 3.08. The third-order valence-electron chi connectivity index (χ3n) is 6.35. The number of methoxy groups -OCH3 is 1. The molecule has 0 aromatic heterocycles. The Labute approximate surface area is 210 Å². The van der Waals surface area contributed by atoms with Crippen molar-refractivity contribution in [1.29, 1.82) is 0 Å². The normalized spacial score (nSPS) is 22.5. The molecular weight excluding hydrogens is 452 g/mol. The second-order valence-corrected chi connectivity index (χ2v) is 9.33. The molecule has 0 amide bonds. The van der Waals surface area contributed by atoms with Gasteiger partial charge in [0, 0.05) is 45.4 Å². The highest BCUT2D eigenvalue weighted by Crippen LogP contribution is 2.41. The van der Waals surface area contributed by atoms with Crippen LogP contribution in [0, 0.1) is 11.8 Å². The van der Waals surface area contributed by atoms with E-state index in [1.165, 1.54) is 27.9 Å². The Hall–Kier alpha value is -2.38. The Kier molecular flexibility index (Phi) is 15.0. The molecule has 0 saturated heterocycles. The first-order chi connectivity index (χ1) is 16.7. The Balaban J connectivity index is 2.95. The molecule has 5 atom stereocenters. The molecular formula is C27H44O8. The molecule has 1 aliphatic rings. The van der Waals surface area contributed by atoms with Gasteiger partial charge in [0.25, 0.3) is 0 Å². The average molecular weight is 497 g/mol. The van der Waals surface area contributed by atoms with Crippen LogP contribution in [0.3, 0.4) is 0 Å². The number of unbranched alkanes of at least 4 members (excludes halogenated alkanes) is 5. The number of ether oxygens (including phenoxy) is 4. The van der Waals surface area contributed by atoms with Crippen LogP contribution < -0.4 is 0 Å². The Morgan fingerprint density at radius 3 is 2.11 bits per heavy atom. The Morgan fingerprint density at radius 2 is 1.51 bits per heavy atom. The zero-order valence-electron chi connectivity index (χ0n) is 22.1. The number of hydrogen-bond donors (Lipinski definition) is 0. The van der Waals surface area contributed by atoms with Gasteiger partial charge in [0.15, 0.2) is 0 Å². The van der Waals surface area contributed by atoms with Crippen molar-refractivity contribution in [3.8, 4) is 0 Å². The summed E-state index contributed by atoms with van der Waals surface area (Å²) < 4.78 is 21.4. The summed E-state index contributed by atoms with van der Waals surface area (Å²) in [6, 6.07) is 0. The summed E-state index contributed by atoms with van der Waals surface area (Å²) in [7, 11) is 1.39. The van der Waals surface area contributed by atoms with E-state index in [0.29, 0.717) is 12.8 Å². The zero-order chi connectivity index (χ0) is 26.2. The molecule has 0 bridgehead atoms. The van der Waals surface area contributed by atoms with Crippen LogP contribution in [-0.4, -0.2) is 49.3 Å². The van der Waals surface area contributed by atoms with Crippen molar-refractivity contribution < 1.29 is 38.1 Å². The van der Waals surface area contributed by atoms with Crippen molar-refractivity contribution in [3.05, 3.63) is 12.2 Å². The molecule has 0 aromatic rings. The van der Waals surface area contributed by atoms with Gasteiger partial charge >= 0.3 is 23.9 Å². The number of hydrogen-bond acceptors (Lipinski definition) is 8. The fourth-order valence-corrected chi connectivity index (χ4v) is 4.78. The topological polar surface area (TPSA) is 105 Å². The van der Waals surface area contributed by atoms with Gasteiger partial charge in [-0.3, -0.25) is 19.2 Å². The van der Waals surface area contributed by atoms with E-state index in [0.717, 1.165) is 57.8 Å². The lowest BCUT2D eigenvalue weighted by atomic mass is 9.87. The second-order valence-electron chi connectivity index (χ2n) is 9.33. The third-order valence-corrected chi connectivity index (χ3v) is 6.35. The van der Waals surface area contributed by atoms with E-state index in [4.69, 9.17) is 14.2 Å². The van der Waals surface area contributed by atoms with E-state index >= 15 is 0 Å². The molecule has 3 unspecified atom stereocenters. The van der Waals surface area contributed by atoms with Gasteiger partial charge in [-0.15, -0.1) is 0 Å². The van der Waals surface area contributed by atoms with Gasteiger partial charge < -0.3 is 18.9 Å². The summed E-state index contributed by atoms with van der Waals surface area (Å²) in [5.41, 5.74) is 0. The fraction of sp³-hybridized carbons (Fsp3) is 0.778. The first-order valence-corrected chi connectivity index (χ1v) is 12.9. The monoisotopic (exact) mass is 496 g/mol. The summed E-state index contributed by atoms with van der Waals surface area (Å²) in [6.45, 7) is 6.28. The van der Waals surface area contributed by atoms with Crippen LogP contribution >= 0.6 is 0 Å². The number of carbonyl (C=O) groups is 4. The smallest absolute Gasteiger partial charge is 0.305 e. The van der Waals surface area contributed by atoms with Crippen LogP contribution in [0.25, 0.3) is 0 Å². The van der Waals surface area contributed by atoms with Crippen LogP contribution in [-0.2, 0) is 38.1 Å². The summed E-state index contributed by atoms with van der Waals surface area (Å²) in [4.78, 5) is 46.5. The lowest BCUT2D eigenvalue weighted by Gasteiger charge is -2.24. The molecule has 1 rings (SSSR count). The van der Waals surface area contributed by atoms with Gasteiger partial charge in [-0.05, 0) is 31.8 Å². The summed E-state index contributed by atoms with van der Waals surface area (Å²) in [5.74, 6) is -1.44. The van der Waals surface area contributed by atoms with Crippen molar-refractivity contribution in [2.75, 3.05) is 7.11 Å². The van der Waals surface area contributed by atoms with Gasteiger partial charge in [-0.25, -0.2) is 0 Å². The molecule has 8 nitrogen and oxygen atoms in total. The third kappa shape index (κ3) is 12.8. The highest BCUT2D eigenvalue weighted by atomic mass is 16.6. The lowest BCUT2D eigenvalue weighted by Crippen LogP contribution is -2.26. The van der Waals surface area contributed by atoms with Crippen LogP contribution in [0.15, 0.2) is 12.2 Å². The van der Waals surface area contributed by atoms with Gasteiger partial charge in [0.05, 0.1) is 7.11 Å². The molecule has 0 aromatic carbocycles. The summed E-state index contributed by atoms with van der Waals surface area (Å²) in [6.07, 6.45) is 11.7. The van der Waals surface area contributed by atoms with Crippen molar-refractivity contribution in [3.63, 3.8) is 0 Å². The SMILES string of the molecule is CCCCCC(C=C[C@H]1C(OC(C)=O)CC(OC(C)=O)[C@@H]1CCCCCCC(=O)OC)OC(C)=O. The summed E-state index contributed by atoms with van der Waals surface area (Å²) in [5, 5.41) is 0. The Bertz CT molecular complexity index is 701. The zero-order valence-corrected chi connectivity index (χ0v) is 22.1. The molecule has 1 saturated carbocycles. The van der Waals surface area contributed by atoms with Crippen LogP contribution in [0.4, 0.5) is 0 Å². The fourth-order valence-electron chi connectivity index (χ4n) is 4.78. The van der Waals surface area contributed by atoms with Gasteiger partial charge in [-0.1, -0.05) is 45.1 Å². The molecule has 0 N–H and O–H groups in total. The van der Waals surface area contributed by atoms with Crippen molar-refractivity contribution >= 4 is 23.9 Å². The molecule has 0 heterocycles. The maximum Gasteiger partial charge on any atom is 0.305 e. The van der Waals surface area contributed by atoms with Crippen molar-refractivity contribution in [1.82, 2.24) is 0 Å². The number of esters is 4. The lowest BCUT2D eigenvalue weighted by molar-refractivity contribution is -0.149. The highest BCUT2D eigenvalue weighted by molar-refractivity contribution is 5.69. The predicted octanol–water partition coefficient (Wildman–Crippen LogP) is 5.07. The molecule has 35 heavy (non-hydrogen) atoms. The number of rotatable bonds is 16. The van der Waals surface area contributed by atoms with E-state index in [9.17, 15) is 19.2 Å². The van der Waals surface area contributed by atoms with Crippen LogP contribution in [0.1, 0.15) is 98.3 Å². The number of carbonyl (C=O) groups excluding carboxylic acids is 4.